The van der Waals surface area contributed by atoms with Crippen LogP contribution in [0.5, 0.6) is 11.5 Å². The third kappa shape index (κ3) is 5.60. The molecule has 1 atom stereocenters. The summed E-state index contributed by atoms with van der Waals surface area (Å²) in [6.45, 7) is 5.18. The molecule has 0 radical (unpaired) electrons. The molecule has 1 aromatic heterocycles. The van der Waals surface area contributed by atoms with Crippen molar-refractivity contribution in [1.29, 1.82) is 0 Å². The monoisotopic (exact) mass is 397 g/mol. The van der Waals surface area contributed by atoms with Gasteiger partial charge >= 0.3 is 0 Å². The van der Waals surface area contributed by atoms with Crippen LogP contribution >= 0.6 is 0 Å². The first kappa shape index (κ1) is 20.4. The number of guanidine groups is 1. The molecular weight excluding hydrogens is 370 g/mol. The fourth-order valence-electron chi connectivity index (χ4n) is 3.11. The number of carbonyl (C=O) groups excluding carboxylic acids is 1. The van der Waals surface area contributed by atoms with Gasteiger partial charge < -0.3 is 25.4 Å². The van der Waals surface area contributed by atoms with Gasteiger partial charge in [-0.25, -0.2) is 0 Å². The number of nitrogens with zero attached hydrogens (tertiary/aromatic N) is 2. The number of carbonyl (C=O) groups is 1. The Hall–Kier alpha value is -3.29. The molecule has 8 heteroatoms. The Bertz CT molecular complexity index is 870. The van der Waals surface area contributed by atoms with Crippen molar-refractivity contribution in [3.05, 3.63) is 47.8 Å². The number of nitrogens with one attached hydrogen (secondary N) is 3. The van der Waals surface area contributed by atoms with E-state index in [1.807, 2.05) is 13.0 Å². The standard InChI is InChI=1S/C21H27N5O3/c1-4-28-18-9-15-8-14(2)29-19(15)10-16(18)11-24-21(22-3)25-13-20(27)26-17-6-5-7-23-12-17/h5-7,9-10,12,14H,4,8,11,13H2,1-3H3,(H,26,27)(H2,22,24,25). The maximum Gasteiger partial charge on any atom is 0.243 e. The summed E-state index contributed by atoms with van der Waals surface area (Å²) in [6, 6.07) is 7.61. The van der Waals surface area contributed by atoms with Gasteiger partial charge in [-0.05, 0) is 38.1 Å². The van der Waals surface area contributed by atoms with Crippen LogP contribution in [0.4, 0.5) is 5.69 Å². The Kier molecular flexibility index (Phi) is 6.89. The zero-order chi connectivity index (χ0) is 20.6. The Labute approximate surface area is 170 Å². The number of amides is 1. The summed E-state index contributed by atoms with van der Waals surface area (Å²) in [7, 11) is 1.66. The van der Waals surface area contributed by atoms with Crippen LogP contribution in [0.15, 0.2) is 41.7 Å². The molecule has 0 saturated carbocycles. The molecule has 1 aliphatic heterocycles. The van der Waals surface area contributed by atoms with Gasteiger partial charge in [0.05, 0.1) is 25.0 Å². The fourth-order valence-corrected chi connectivity index (χ4v) is 3.11. The summed E-state index contributed by atoms with van der Waals surface area (Å²) in [4.78, 5) is 20.2. The van der Waals surface area contributed by atoms with Crippen molar-refractivity contribution in [1.82, 2.24) is 15.6 Å². The Morgan fingerprint density at radius 2 is 2.24 bits per heavy atom. The van der Waals surface area contributed by atoms with Gasteiger partial charge in [-0.15, -0.1) is 0 Å². The van der Waals surface area contributed by atoms with Crippen LogP contribution < -0.4 is 25.4 Å². The fraction of sp³-hybridized carbons (Fsp3) is 0.381. The first-order valence-corrected chi connectivity index (χ1v) is 9.68. The van der Waals surface area contributed by atoms with E-state index in [-0.39, 0.29) is 18.6 Å². The van der Waals surface area contributed by atoms with E-state index in [1.165, 1.54) is 5.56 Å². The first-order chi connectivity index (χ1) is 14.1. The summed E-state index contributed by atoms with van der Waals surface area (Å²) in [6.07, 6.45) is 4.31. The summed E-state index contributed by atoms with van der Waals surface area (Å²) >= 11 is 0. The average Bonchev–Trinajstić information content (AvgIpc) is 3.08. The van der Waals surface area contributed by atoms with Gasteiger partial charge in [0.25, 0.3) is 0 Å². The first-order valence-electron chi connectivity index (χ1n) is 9.68. The highest BCUT2D eigenvalue weighted by Crippen LogP contribution is 2.35. The number of aliphatic imine (C=N–C) groups is 1. The van der Waals surface area contributed by atoms with Crippen molar-refractivity contribution >= 4 is 17.6 Å². The van der Waals surface area contributed by atoms with Crippen LogP contribution in [0.25, 0.3) is 0 Å². The van der Waals surface area contributed by atoms with E-state index >= 15 is 0 Å². The van der Waals surface area contributed by atoms with E-state index < -0.39 is 0 Å². The molecule has 3 rings (SSSR count). The summed E-state index contributed by atoms with van der Waals surface area (Å²) in [5.41, 5.74) is 2.79. The molecule has 2 heterocycles. The molecule has 0 aliphatic carbocycles. The molecule has 0 bridgehead atoms. The number of anilines is 1. The van der Waals surface area contributed by atoms with Gasteiger partial charge in [0.15, 0.2) is 5.96 Å². The number of hydrogen-bond donors (Lipinski definition) is 3. The quantitative estimate of drug-likeness (QED) is 0.489. The minimum Gasteiger partial charge on any atom is -0.494 e. The van der Waals surface area contributed by atoms with Crippen LogP contribution in [0.1, 0.15) is 25.0 Å². The van der Waals surface area contributed by atoms with Crippen molar-refractivity contribution in [3.63, 3.8) is 0 Å². The highest BCUT2D eigenvalue weighted by molar-refractivity contribution is 5.94. The van der Waals surface area contributed by atoms with Crippen LogP contribution in [0.3, 0.4) is 0 Å². The van der Waals surface area contributed by atoms with Crippen LogP contribution in [-0.2, 0) is 17.8 Å². The predicted octanol–water partition coefficient (Wildman–Crippen LogP) is 2.11. The second-order valence-electron chi connectivity index (χ2n) is 6.70. The lowest BCUT2D eigenvalue weighted by atomic mass is 10.1. The van der Waals surface area contributed by atoms with E-state index in [9.17, 15) is 4.79 Å². The summed E-state index contributed by atoms with van der Waals surface area (Å²) in [5, 5.41) is 8.99. The molecular formula is C21H27N5O3. The van der Waals surface area contributed by atoms with Crippen molar-refractivity contribution in [3.8, 4) is 11.5 Å². The normalized spacial score (nSPS) is 15.3. The number of rotatable bonds is 7. The van der Waals surface area contributed by atoms with E-state index in [4.69, 9.17) is 9.47 Å². The number of hydrogen-bond acceptors (Lipinski definition) is 5. The third-order valence-electron chi connectivity index (χ3n) is 4.41. The molecule has 3 N–H and O–H groups in total. The lowest BCUT2D eigenvalue weighted by Gasteiger charge is -2.15. The molecule has 2 aromatic rings. The van der Waals surface area contributed by atoms with E-state index in [0.29, 0.717) is 24.8 Å². The van der Waals surface area contributed by atoms with Gasteiger partial charge in [0, 0.05) is 37.3 Å². The van der Waals surface area contributed by atoms with Crippen molar-refractivity contribution in [2.45, 2.75) is 32.9 Å². The highest BCUT2D eigenvalue weighted by Gasteiger charge is 2.22. The van der Waals surface area contributed by atoms with Crippen molar-refractivity contribution in [2.75, 3.05) is 25.5 Å². The maximum atomic E-state index is 12.1. The molecule has 0 fully saturated rings. The average molecular weight is 397 g/mol. The molecule has 154 valence electrons. The molecule has 1 amide bonds. The third-order valence-corrected chi connectivity index (χ3v) is 4.41. The smallest absolute Gasteiger partial charge is 0.243 e. The Morgan fingerprint density at radius 3 is 2.97 bits per heavy atom. The lowest BCUT2D eigenvalue weighted by molar-refractivity contribution is -0.115. The van der Waals surface area contributed by atoms with Gasteiger partial charge in [-0.2, -0.15) is 0 Å². The molecule has 8 nitrogen and oxygen atoms in total. The molecule has 1 unspecified atom stereocenters. The Morgan fingerprint density at radius 1 is 1.38 bits per heavy atom. The highest BCUT2D eigenvalue weighted by atomic mass is 16.5. The van der Waals surface area contributed by atoms with E-state index in [0.717, 1.165) is 23.5 Å². The van der Waals surface area contributed by atoms with Gasteiger partial charge in [-0.1, -0.05) is 0 Å². The van der Waals surface area contributed by atoms with Gasteiger partial charge in [-0.3, -0.25) is 14.8 Å². The zero-order valence-electron chi connectivity index (χ0n) is 17.0. The molecule has 0 spiro atoms. The lowest BCUT2D eigenvalue weighted by Crippen LogP contribution is -2.41. The SMILES string of the molecule is CCOc1cc2c(cc1CNC(=NC)NCC(=O)Nc1cccnc1)OC(C)C2. The number of aromatic nitrogens is 1. The minimum atomic E-state index is -0.184. The van der Waals surface area contributed by atoms with Gasteiger partial charge in [0.2, 0.25) is 5.91 Å². The van der Waals surface area contributed by atoms with Gasteiger partial charge in [0.1, 0.15) is 17.6 Å². The van der Waals surface area contributed by atoms with Crippen LogP contribution in [0.2, 0.25) is 0 Å². The molecule has 1 aliphatic rings. The number of fused-ring (bicyclic) bond motifs is 1. The number of pyridine rings is 1. The number of ether oxygens (including phenoxy) is 2. The molecule has 0 saturated heterocycles. The zero-order valence-corrected chi connectivity index (χ0v) is 17.0. The van der Waals surface area contributed by atoms with E-state index in [2.05, 4.69) is 38.9 Å². The second kappa shape index (κ2) is 9.77. The largest absolute Gasteiger partial charge is 0.494 e. The predicted molar refractivity (Wildman–Crippen MR) is 112 cm³/mol. The summed E-state index contributed by atoms with van der Waals surface area (Å²) < 4.78 is 11.7. The van der Waals surface area contributed by atoms with Crippen LogP contribution in [-0.4, -0.2) is 43.2 Å². The van der Waals surface area contributed by atoms with Crippen molar-refractivity contribution in [2.24, 2.45) is 4.99 Å². The molecule has 1 aromatic carbocycles. The molecule has 29 heavy (non-hydrogen) atoms. The number of benzene rings is 1. The topological polar surface area (TPSA) is 96.9 Å². The van der Waals surface area contributed by atoms with Crippen molar-refractivity contribution < 1.29 is 14.3 Å². The van der Waals surface area contributed by atoms with E-state index in [1.54, 1.807) is 31.6 Å². The second-order valence-corrected chi connectivity index (χ2v) is 6.70. The van der Waals surface area contributed by atoms with Crippen LogP contribution in [0, 0.1) is 0 Å². The Balaban J connectivity index is 1.56. The maximum absolute atomic E-state index is 12.1. The summed E-state index contributed by atoms with van der Waals surface area (Å²) in [5.74, 6) is 2.07. The minimum absolute atomic E-state index is 0.0811.